The Bertz CT molecular complexity index is 44.9. The van der Waals surface area contributed by atoms with Crippen LogP contribution in [0.3, 0.4) is 0 Å². The molecule has 30 valence electrons. The first-order valence-corrected chi connectivity index (χ1v) is 2.00. The van der Waals surface area contributed by atoms with Crippen molar-refractivity contribution in [1.82, 2.24) is 0 Å². The Morgan fingerprint density at radius 3 is 1.80 bits per heavy atom. The Hall–Kier alpha value is 0.100. The Kier molecular flexibility index (Phi) is 2.39. The molecule has 0 aliphatic heterocycles. The van der Waals surface area contributed by atoms with Crippen molar-refractivity contribution in [2.24, 2.45) is 4.76 Å². The van der Waals surface area contributed by atoms with E-state index in [1.807, 2.05) is 13.8 Å². The molecule has 0 spiro atoms. The van der Waals surface area contributed by atoms with Crippen molar-refractivity contribution >= 4 is 15.1 Å². The molecule has 0 aliphatic rings. The zero-order chi connectivity index (χ0) is 4.28. The fourth-order valence-electron chi connectivity index (χ4n) is 0. The Morgan fingerprint density at radius 2 is 1.80 bits per heavy atom. The maximum atomic E-state index is 3.72. The SMILES string of the molecule is CC(C)=NP. The van der Waals surface area contributed by atoms with Gasteiger partial charge in [-0.3, -0.25) is 4.76 Å². The van der Waals surface area contributed by atoms with E-state index in [2.05, 4.69) is 14.2 Å². The van der Waals surface area contributed by atoms with Gasteiger partial charge in [0.1, 0.15) is 0 Å². The van der Waals surface area contributed by atoms with Gasteiger partial charge in [-0.15, -0.1) is 0 Å². The van der Waals surface area contributed by atoms with Gasteiger partial charge in [-0.2, -0.15) is 0 Å². The van der Waals surface area contributed by atoms with E-state index in [1.54, 1.807) is 0 Å². The number of nitrogens with zero attached hydrogens (tertiary/aromatic N) is 1. The van der Waals surface area contributed by atoms with Crippen molar-refractivity contribution in [2.45, 2.75) is 13.8 Å². The van der Waals surface area contributed by atoms with Gasteiger partial charge in [0.15, 0.2) is 0 Å². The smallest absolute Gasteiger partial charge is 0.00992 e. The minimum absolute atomic E-state index is 1.09. The van der Waals surface area contributed by atoms with Gasteiger partial charge < -0.3 is 0 Å². The van der Waals surface area contributed by atoms with Gasteiger partial charge in [0.2, 0.25) is 0 Å². The summed E-state index contributed by atoms with van der Waals surface area (Å²) < 4.78 is 3.72. The first kappa shape index (κ1) is 5.10. The highest BCUT2D eigenvalue weighted by Crippen LogP contribution is 1.81. The summed E-state index contributed by atoms with van der Waals surface area (Å²) in [6.45, 7) is 3.90. The predicted octanol–water partition coefficient (Wildman–Crippen LogP) is 1.26. The molecule has 0 aromatic rings. The third kappa shape index (κ3) is 4.10. The number of hydrogen-bond acceptors (Lipinski definition) is 1. The van der Waals surface area contributed by atoms with E-state index in [0.717, 1.165) is 5.71 Å². The van der Waals surface area contributed by atoms with Crippen molar-refractivity contribution in [3.8, 4) is 0 Å². The topological polar surface area (TPSA) is 12.4 Å². The molecule has 0 aromatic heterocycles. The van der Waals surface area contributed by atoms with Crippen LogP contribution in [0.4, 0.5) is 0 Å². The maximum absolute atomic E-state index is 3.72. The van der Waals surface area contributed by atoms with Crippen LogP contribution >= 0.6 is 9.39 Å². The van der Waals surface area contributed by atoms with Crippen LogP contribution in [0.1, 0.15) is 13.8 Å². The lowest BCUT2D eigenvalue weighted by atomic mass is 10.5. The van der Waals surface area contributed by atoms with Gasteiger partial charge in [-0.25, -0.2) is 0 Å². The Morgan fingerprint density at radius 1 is 1.60 bits per heavy atom. The number of hydrogen-bond donors (Lipinski definition) is 0. The molecule has 0 fully saturated rings. The fourth-order valence-corrected chi connectivity index (χ4v) is 0. The highest BCUT2D eigenvalue weighted by Gasteiger charge is 1.62. The van der Waals surface area contributed by atoms with Gasteiger partial charge in [0.25, 0.3) is 0 Å². The highest BCUT2D eigenvalue weighted by molar-refractivity contribution is 7.15. The minimum Gasteiger partial charge on any atom is -0.278 e. The third-order valence-corrected chi connectivity index (χ3v) is 0.775. The zero-order valence-electron chi connectivity index (χ0n) is 3.52. The normalized spacial score (nSPS) is 7.00. The molecule has 0 saturated carbocycles. The van der Waals surface area contributed by atoms with Gasteiger partial charge in [0, 0.05) is 5.71 Å². The van der Waals surface area contributed by atoms with Crippen molar-refractivity contribution in [3.63, 3.8) is 0 Å². The average molecular weight is 89.1 g/mol. The first-order valence-electron chi connectivity index (χ1n) is 1.48. The van der Waals surface area contributed by atoms with E-state index in [0.29, 0.717) is 0 Å². The van der Waals surface area contributed by atoms with Crippen LogP contribution < -0.4 is 0 Å². The Labute approximate surface area is 34.8 Å². The molecule has 5 heavy (non-hydrogen) atoms. The minimum atomic E-state index is 1.09. The van der Waals surface area contributed by atoms with Crippen LogP contribution in [0.25, 0.3) is 0 Å². The van der Waals surface area contributed by atoms with E-state index < -0.39 is 0 Å². The van der Waals surface area contributed by atoms with Crippen LogP contribution in [-0.4, -0.2) is 5.71 Å². The van der Waals surface area contributed by atoms with Crippen LogP contribution in [-0.2, 0) is 0 Å². The lowest BCUT2D eigenvalue weighted by Crippen LogP contribution is -1.70. The van der Waals surface area contributed by atoms with Gasteiger partial charge in [-0.05, 0) is 23.2 Å². The average Bonchev–Trinajstić information content (AvgIpc) is 1.38. The van der Waals surface area contributed by atoms with Crippen molar-refractivity contribution < 1.29 is 0 Å². The molecule has 0 saturated heterocycles. The molecule has 0 amide bonds. The van der Waals surface area contributed by atoms with E-state index in [-0.39, 0.29) is 0 Å². The molecule has 0 aromatic carbocycles. The van der Waals surface area contributed by atoms with Gasteiger partial charge in [-0.1, -0.05) is 0 Å². The molecular weight excluding hydrogens is 81.0 g/mol. The third-order valence-electron chi connectivity index (χ3n) is 0.258. The molecule has 0 N–H and O–H groups in total. The standard InChI is InChI=1S/C3H8NP/c1-3(2)4-5/h5H2,1-2H3. The second-order valence-corrected chi connectivity index (χ2v) is 1.33. The van der Waals surface area contributed by atoms with E-state index in [4.69, 9.17) is 0 Å². The summed E-state index contributed by atoms with van der Waals surface area (Å²) in [5, 5.41) is 0. The van der Waals surface area contributed by atoms with Crippen LogP contribution in [0.2, 0.25) is 0 Å². The van der Waals surface area contributed by atoms with Gasteiger partial charge >= 0.3 is 0 Å². The summed E-state index contributed by atoms with van der Waals surface area (Å²) in [6, 6.07) is 0. The largest absolute Gasteiger partial charge is 0.278 e. The maximum Gasteiger partial charge on any atom is 0.00992 e. The monoisotopic (exact) mass is 89.0 g/mol. The molecule has 1 atom stereocenters. The molecule has 0 bridgehead atoms. The van der Waals surface area contributed by atoms with Crippen molar-refractivity contribution in [3.05, 3.63) is 0 Å². The zero-order valence-corrected chi connectivity index (χ0v) is 4.68. The van der Waals surface area contributed by atoms with Crippen molar-refractivity contribution in [2.75, 3.05) is 0 Å². The lowest BCUT2D eigenvalue weighted by Gasteiger charge is -1.73. The van der Waals surface area contributed by atoms with E-state index in [1.165, 1.54) is 0 Å². The van der Waals surface area contributed by atoms with Crippen LogP contribution in [0, 0.1) is 0 Å². The van der Waals surface area contributed by atoms with Crippen molar-refractivity contribution in [1.29, 1.82) is 0 Å². The molecule has 1 unspecified atom stereocenters. The summed E-state index contributed by atoms with van der Waals surface area (Å²) in [7, 11) is 2.28. The summed E-state index contributed by atoms with van der Waals surface area (Å²) >= 11 is 0. The molecule has 0 rings (SSSR count). The highest BCUT2D eigenvalue weighted by atomic mass is 31.0. The van der Waals surface area contributed by atoms with E-state index in [9.17, 15) is 0 Å². The van der Waals surface area contributed by atoms with Gasteiger partial charge in [0.05, 0.1) is 0 Å². The summed E-state index contributed by atoms with van der Waals surface area (Å²) in [5.41, 5.74) is 1.09. The Balaban J connectivity index is 3.14. The number of rotatable bonds is 0. The molecule has 0 aliphatic carbocycles. The summed E-state index contributed by atoms with van der Waals surface area (Å²) in [5.74, 6) is 0. The van der Waals surface area contributed by atoms with Crippen LogP contribution in [0.5, 0.6) is 0 Å². The van der Waals surface area contributed by atoms with Crippen LogP contribution in [0.15, 0.2) is 4.76 Å². The molecule has 1 nitrogen and oxygen atoms in total. The lowest BCUT2D eigenvalue weighted by molar-refractivity contribution is 1.68. The summed E-state index contributed by atoms with van der Waals surface area (Å²) in [6.07, 6.45) is 0. The molecule has 0 heterocycles. The molecule has 2 heteroatoms. The van der Waals surface area contributed by atoms with E-state index >= 15 is 0 Å². The quantitative estimate of drug-likeness (QED) is 0.313. The second kappa shape index (κ2) is 2.34. The fraction of sp³-hybridized carbons (Fsp3) is 0.667. The first-order chi connectivity index (χ1) is 2.27. The molecular formula is C3H8NP. The summed E-state index contributed by atoms with van der Waals surface area (Å²) in [4.78, 5) is 0. The predicted molar refractivity (Wildman–Crippen MR) is 28.5 cm³/mol. The molecule has 0 radical (unpaired) electrons. The second-order valence-electron chi connectivity index (χ2n) is 1.08.